The smallest absolute Gasteiger partial charge is 0.421 e. The average Bonchev–Trinajstić information content (AvgIpc) is 3.40. The minimum Gasteiger partial charge on any atom is -0.450 e. The Balaban J connectivity index is 1.51. The maximum Gasteiger partial charge on any atom is 0.421 e. The van der Waals surface area contributed by atoms with Crippen molar-refractivity contribution in [3.63, 3.8) is 0 Å². The van der Waals surface area contributed by atoms with Crippen molar-refractivity contribution in [1.82, 2.24) is 20.1 Å². The first-order valence-electron chi connectivity index (χ1n) is 10.7. The summed E-state index contributed by atoms with van der Waals surface area (Å²) in [7, 11) is 0. The van der Waals surface area contributed by atoms with Crippen LogP contribution in [0.3, 0.4) is 0 Å². The molecule has 1 saturated heterocycles. The lowest BCUT2D eigenvalue weighted by Crippen LogP contribution is -2.32. The Labute approximate surface area is 191 Å². The molecule has 0 radical (unpaired) electrons. The second-order valence-corrected chi connectivity index (χ2v) is 8.11. The maximum absolute atomic E-state index is 14.2. The number of hydrogen-bond acceptors (Lipinski definition) is 6. The number of carbonyl (C=O) groups is 1. The maximum atomic E-state index is 14.2. The molecule has 3 aromatic heterocycles. The predicted octanol–water partition coefficient (Wildman–Crippen LogP) is 3.85. The molecule has 5 rings (SSSR count). The zero-order valence-corrected chi connectivity index (χ0v) is 18.2. The number of aromatic nitrogens is 3. The van der Waals surface area contributed by atoms with E-state index in [-0.39, 0.29) is 29.1 Å². The molecule has 4 heterocycles. The highest BCUT2D eigenvalue weighted by atomic mass is 19.4. The van der Waals surface area contributed by atoms with Gasteiger partial charge < -0.3 is 19.2 Å². The molecule has 8 nitrogen and oxygen atoms in total. The number of carbonyl (C=O) groups excluding carboxylic acids is 1. The van der Waals surface area contributed by atoms with E-state index < -0.39 is 23.4 Å². The lowest BCUT2D eigenvalue weighted by atomic mass is 10.1. The number of hydrogen-bond donors (Lipinski definition) is 1. The summed E-state index contributed by atoms with van der Waals surface area (Å²) in [6.45, 7) is 3.48. The summed E-state index contributed by atoms with van der Waals surface area (Å²) >= 11 is 0. The molecule has 1 amide bonds. The first-order valence-corrected chi connectivity index (χ1v) is 10.7. The number of rotatable bonds is 5. The Morgan fingerprint density at radius 1 is 1.24 bits per heavy atom. The number of furan rings is 1. The fourth-order valence-electron chi connectivity index (χ4n) is 3.95. The van der Waals surface area contributed by atoms with Gasteiger partial charge in [-0.1, -0.05) is 6.07 Å². The van der Waals surface area contributed by atoms with Gasteiger partial charge in [-0.05, 0) is 30.7 Å². The Hall–Kier alpha value is -3.44. The van der Waals surface area contributed by atoms with E-state index in [1.54, 1.807) is 30.6 Å². The quantitative estimate of drug-likeness (QED) is 0.473. The van der Waals surface area contributed by atoms with Crippen molar-refractivity contribution < 1.29 is 31.9 Å². The highest BCUT2D eigenvalue weighted by Crippen LogP contribution is 2.42. The Morgan fingerprint density at radius 2 is 2.09 bits per heavy atom. The van der Waals surface area contributed by atoms with E-state index in [0.717, 1.165) is 5.56 Å². The minimum atomic E-state index is -4.83. The van der Waals surface area contributed by atoms with Gasteiger partial charge in [0.2, 0.25) is 5.76 Å². The molecule has 0 saturated carbocycles. The Kier molecular flexibility index (Phi) is 5.74. The van der Waals surface area contributed by atoms with E-state index in [0.29, 0.717) is 37.4 Å². The van der Waals surface area contributed by atoms with Gasteiger partial charge in [0.15, 0.2) is 0 Å². The molecule has 0 bridgehead atoms. The molecule has 0 unspecified atom stereocenters. The van der Waals surface area contributed by atoms with E-state index in [1.807, 2.05) is 6.92 Å². The van der Waals surface area contributed by atoms with Crippen LogP contribution in [0.4, 0.5) is 13.2 Å². The summed E-state index contributed by atoms with van der Waals surface area (Å²) in [6, 6.07) is 6.52. The molecule has 1 N–H and O–H groups in total. The van der Waals surface area contributed by atoms with Crippen molar-refractivity contribution >= 4 is 27.8 Å². The number of nitrogens with zero attached hydrogens (tertiary/aromatic N) is 3. The van der Waals surface area contributed by atoms with E-state index in [9.17, 15) is 18.0 Å². The summed E-state index contributed by atoms with van der Waals surface area (Å²) in [4.78, 5) is 16.9. The van der Waals surface area contributed by atoms with E-state index in [1.165, 1.54) is 10.7 Å². The zero-order valence-electron chi connectivity index (χ0n) is 18.2. The number of nitrogens with one attached hydrogen (secondary N) is 1. The number of fused-ring (bicyclic) bond motifs is 3. The Bertz CT molecular complexity index is 1340. The van der Waals surface area contributed by atoms with Crippen molar-refractivity contribution in [3.8, 4) is 0 Å². The van der Waals surface area contributed by atoms with Gasteiger partial charge in [-0.3, -0.25) is 14.5 Å². The fraction of sp³-hybridized carbons (Fsp3) is 0.348. The Morgan fingerprint density at radius 3 is 2.79 bits per heavy atom. The lowest BCUT2D eigenvalue weighted by molar-refractivity contribution is -0.137. The molecule has 1 aliphatic heterocycles. The second-order valence-electron chi connectivity index (χ2n) is 8.11. The van der Waals surface area contributed by atoms with Gasteiger partial charge in [-0.2, -0.15) is 18.3 Å². The van der Waals surface area contributed by atoms with Crippen LogP contribution in [0.5, 0.6) is 0 Å². The molecule has 1 fully saturated rings. The van der Waals surface area contributed by atoms with Gasteiger partial charge in [0.25, 0.3) is 5.91 Å². The van der Waals surface area contributed by atoms with Crippen molar-refractivity contribution in [2.45, 2.75) is 32.3 Å². The number of alkyl halides is 3. The zero-order chi connectivity index (χ0) is 23.9. The monoisotopic (exact) mass is 474 g/mol. The summed E-state index contributed by atoms with van der Waals surface area (Å²) in [6.07, 6.45) is -1.83. The number of halogens is 3. The minimum absolute atomic E-state index is 0.0407. The molecule has 1 aromatic carbocycles. The molecule has 0 aliphatic carbocycles. The SMILES string of the molecule is Cc1ccc(CNC(=O)c2oc3ccc4cn(C[C@H]5COCCO5)nc4c3c2C(F)(F)F)nc1. The normalized spacial score (nSPS) is 16.9. The predicted molar refractivity (Wildman–Crippen MR) is 115 cm³/mol. The van der Waals surface area contributed by atoms with Crippen LogP contribution in [0.2, 0.25) is 0 Å². The van der Waals surface area contributed by atoms with Gasteiger partial charge >= 0.3 is 6.18 Å². The van der Waals surface area contributed by atoms with Crippen LogP contribution in [-0.4, -0.2) is 46.6 Å². The van der Waals surface area contributed by atoms with Crippen LogP contribution in [0.1, 0.15) is 27.4 Å². The number of ether oxygens (including phenoxy) is 2. The van der Waals surface area contributed by atoms with E-state index >= 15 is 0 Å². The number of benzene rings is 1. The topological polar surface area (TPSA) is 91.4 Å². The van der Waals surface area contributed by atoms with E-state index in [2.05, 4.69) is 15.4 Å². The average molecular weight is 474 g/mol. The molecule has 4 aromatic rings. The van der Waals surface area contributed by atoms with Crippen LogP contribution < -0.4 is 5.32 Å². The summed E-state index contributed by atoms with van der Waals surface area (Å²) < 4.78 is 60.4. The number of aryl methyl sites for hydroxylation is 1. The number of pyridine rings is 1. The highest BCUT2D eigenvalue weighted by molar-refractivity contribution is 6.09. The van der Waals surface area contributed by atoms with Crippen LogP contribution in [0.15, 0.2) is 41.1 Å². The van der Waals surface area contributed by atoms with Crippen molar-refractivity contribution in [3.05, 3.63) is 59.2 Å². The summed E-state index contributed by atoms with van der Waals surface area (Å²) in [5.74, 6) is -1.79. The van der Waals surface area contributed by atoms with Crippen LogP contribution >= 0.6 is 0 Å². The van der Waals surface area contributed by atoms with Crippen LogP contribution in [0.25, 0.3) is 21.9 Å². The molecule has 1 aliphatic rings. The molecule has 34 heavy (non-hydrogen) atoms. The van der Waals surface area contributed by atoms with Crippen molar-refractivity contribution in [1.29, 1.82) is 0 Å². The van der Waals surface area contributed by atoms with Gasteiger partial charge in [-0.25, -0.2) is 0 Å². The molecular formula is C23H21F3N4O4. The van der Waals surface area contributed by atoms with Gasteiger partial charge in [0, 0.05) is 17.8 Å². The van der Waals surface area contributed by atoms with Gasteiger partial charge in [0.05, 0.1) is 44.0 Å². The third-order valence-corrected chi connectivity index (χ3v) is 5.54. The fourth-order valence-corrected chi connectivity index (χ4v) is 3.95. The number of amides is 1. The highest BCUT2D eigenvalue weighted by Gasteiger charge is 2.42. The van der Waals surface area contributed by atoms with Crippen LogP contribution in [-0.2, 0) is 28.7 Å². The molecule has 178 valence electrons. The lowest BCUT2D eigenvalue weighted by Gasteiger charge is -2.22. The summed E-state index contributed by atoms with van der Waals surface area (Å²) in [5, 5.41) is 7.07. The van der Waals surface area contributed by atoms with Gasteiger partial charge in [0.1, 0.15) is 22.8 Å². The van der Waals surface area contributed by atoms with E-state index in [4.69, 9.17) is 13.9 Å². The molecule has 11 heteroatoms. The van der Waals surface area contributed by atoms with Crippen LogP contribution in [0, 0.1) is 6.92 Å². The first-order chi connectivity index (χ1) is 16.3. The second kappa shape index (κ2) is 8.73. The van der Waals surface area contributed by atoms with Crippen molar-refractivity contribution in [2.24, 2.45) is 0 Å². The largest absolute Gasteiger partial charge is 0.450 e. The van der Waals surface area contributed by atoms with Gasteiger partial charge in [-0.15, -0.1) is 0 Å². The summed E-state index contributed by atoms with van der Waals surface area (Å²) in [5.41, 5.74) is 0.326. The standard InChI is InChI=1S/C23H21F3N4O4/c1-13-2-4-15(27-8-13)9-28-22(31)21-19(23(24,25)26)18-17(34-21)5-3-14-10-30(29-20(14)18)11-16-12-32-6-7-33-16/h2-5,8,10,16H,6-7,9,11-12H2,1H3,(H,28,31)/t16-/m0/s1. The first kappa shape index (κ1) is 22.4. The molecule has 1 atom stereocenters. The third-order valence-electron chi connectivity index (χ3n) is 5.54. The molecular weight excluding hydrogens is 453 g/mol. The molecule has 0 spiro atoms. The third kappa shape index (κ3) is 4.36. The van der Waals surface area contributed by atoms with Crippen molar-refractivity contribution in [2.75, 3.05) is 19.8 Å².